The number of ether oxygens (including phenoxy) is 1. The number of benzene rings is 1. The summed E-state index contributed by atoms with van der Waals surface area (Å²) >= 11 is 5.96. The molecule has 2 rings (SSSR count). The number of nitrogens with zero attached hydrogens (tertiary/aromatic N) is 2. The minimum Gasteiger partial charge on any atom is -0.444 e. The molecule has 0 atom stereocenters. The summed E-state index contributed by atoms with van der Waals surface area (Å²) in [5, 5.41) is 0.656. The fraction of sp³-hybridized carbons (Fsp3) is 0.600. The number of amides is 2. The average Bonchev–Trinajstić information content (AvgIpc) is 2.59. The van der Waals surface area contributed by atoms with E-state index in [9.17, 15) is 9.59 Å². The summed E-state index contributed by atoms with van der Waals surface area (Å²) in [6, 6.07) is 7.37. The maximum absolute atomic E-state index is 12.4. The minimum absolute atomic E-state index is 0.0990. The van der Waals surface area contributed by atoms with Gasteiger partial charge in [-0.15, -0.1) is 0 Å². The smallest absolute Gasteiger partial charge is 0.410 e. The predicted octanol–water partition coefficient (Wildman–Crippen LogP) is 4.73. The number of anilines is 1. The van der Waals surface area contributed by atoms with E-state index >= 15 is 0 Å². The number of carbonyl (C=O) groups excluding carboxylic acids is 2. The molecular formula is C20H29ClN2O3. The van der Waals surface area contributed by atoms with Crippen LogP contribution >= 0.6 is 11.6 Å². The van der Waals surface area contributed by atoms with E-state index in [0.29, 0.717) is 37.0 Å². The molecule has 144 valence electrons. The van der Waals surface area contributed by atoms with Crippen molar-refractivity contribution in [2.75, 3.05) is 24.5 Å². The number of rotatable bonds is 4. The molecule has 0 aliphatic carbocycles. The lowest BCUT2D eigenvalue weighted by Crippen LogP contribution is -2.44. The molecular weight excluding hydrogens is 352 g/mol. The highest BCUT2D eigenvalue weighted by molar-refractivity contribution is 6.30. The zero-order valence-electron chi connectivity index (χ0n) is 16.1. The van der Waals surface area contributed by atoms with Crippen LogP contribution in [0.5, 0.6) is 0 Å². The highest BCUT2D eigenvalue weighted by Crippen LogP contribution is 2.25. The van der Waals surface area contributed by atoms with Gasteiger partial charge in [0.25, 0.3) is 0 Å². The predicted molar refractivity (Wildman–Crippen MR) is 105 cm³/mol. The maximum Gasteiger partial charge on any atom is 0.410 e. The van der Waals surface area contributed by atoms with Crippen molar-refractivity contribution in [3.8, 4) is 0 Å². The van der Waals surface area contributed by atoms with Gasteiger partial charge in [0.1, 0.15) is 5.60 Å². The van der Waals surface area contributed by atoms with E-state index < -0.39 is 5.60 Å². The molecule has 1 fully saturated rings. The Morgan fingerprint density at radius 1 is 1.19 bits per heavy atom. The molecule has 1 aromatic rings. The molecule has 0 spiro atoms. The summed E-state index contributed by atoms with van der Waals surface area (Å²) < 4.78 is 5.44. The van der Waals surface area contributed by atoms with Crippen molar-refractivity contribution < 1.29 is 14.3 Å². The molecule has 0 radical (unpaired) electrons. The van der Waals surface area contributed by atoms with Crippen LogP contribution in [-0.2, 0) is 9.53 Å². The van der Waals surface area contributed by atoms with Crippen molar-refractivity contribution in [3.63, 3.8) is 0 Å². The van der Waals surface area contributed by atoms with Gasteiger partial charge in [0, 0.05) is 36.8 Å². The second kappa shape index (κ2) is 8.76. The molecule has 0 bridgehead atoms. The molecule has 6 heteroatoms. The van der Waals surface area contributed by atoms with E-state index in [0.717, 1.165) is 18.5 Å². The van der Waals surface area contributed by atoms with Gasteiger partial charge in [-0.25, -0.2) is 4.79 Å². The molecule has 2 amide bonds. The van der Waals surface area contributed by atoms with Gasteiger partial charge < -0.3 is 14.5 Å². The number of likely N-dealkylation sites (tertiary alicyclic amines) is 1. The Kier molecular flexibility index (Phi) is 6.93. The number of carbonyl (C=O) groups is 2. The molecule has 1 aromatic carbocycles. The van der Waals surface area contributed by atoms with Gasteiger partial charge >= 0.3 is 6.09 Å². The van der Waals surface area contributed by atoms with Crippen molar-refractivity contribution >= 4 is 29.3 Å². The topological polar surface area (TPSA) is 49.9 Å². The Bertz CT molecular complexity index is 617. The van der Waals surface area contributed by atoms with Gasteiger partial charge in [-0.3, -0.25) is 4.79 Å². The Hall–Kier alpha value is -1.75. The molecule has 0 aromatic heterocycles. The average molecular weight is 381 g/mol. The highest BCUT2D eigenvalue weighted by Gasteiger charge is 2.28. The van der Waals surface area contributed by atoms with Crippen molar-refractivity contribution in [3.05, 3.63) is 29.3 Å². The molecule has 1 saturated heterocycles. The third-order valence-electron chi connectivity index (χ3n) is 4.45. The number of piperidine rings is 1. The van der Waals surface area contributed by atoms with Gasteiger partial charge in [-0.1, -0.05) is 18.5 Å². The quantitative estimate of drug-likeness (QED) is 0.758. The maximum atomic E-state index is 12.4. The van der Waals surface area contributed by atoms with Crippen LogP contribution in [0.2, 0.25) is 5.02 Å². The minimum atomic E-state index is -0.479. The first-order valence-corrected chi connectivity index (χ1v) is 9.61. The molecule has 1 aliphatic heterocycles. The number of hydrogen-bond acceptors (Lipinski definition) is 3. The van der Waals surface area contributed by atoms with Crippen LogP contribution in [0.4, 0.5) is 10.5 Å². The van der Waals surface area contributed by atoms with E-state index in [-0.39, 0.29) is 12.0 Å². The lowest BCUT2D eigenvalue weighted by molar-refractivity contribution is -0.118. The first kappa shape index (κ1) is 20.6. The SMILES string of the molecule is CCC(=O)N(CC1CCN(C(=O)OC(C)(C)C)CC1)c1ccc(Cl)cc1. The third-order valence-corrected chi connectivity index (χ3v) is 4.70. The zero-order valence-corrected chi connectivity index (χ0v) is 16.9. The van der Waals surface area contributed by atoms with E-state index in [4.69, 9.17) is 16.3 Å². The third kappa shape index (κ3) is 5.90. The largest absolute Gasteiger partial charge is 0.444 e. The summed E-state index contributed by atoms with van der Waals surface area (Å²) in [6.07, 6.45) is 1.93. The summed E-state index contributed by atoms with van der Waals surface area (Å²) in [5.74, 6) is 0.460. The summed E-state index contributed by atoms with van der Waals surface area (Å²) in [6.45, 7) is 9.48. The molecule has 1 aliphatic rings. The summed E-state index contributed by atoms with van der Waals surface area (Å²) in [5.41, 5.74) is 0.392. The van der Waals surface area contributed by atoms with E-state index in [1.165, 1.54) is 0 Å². The first-order valence-electron chi connectivity index (χ1n) is 9.23. The standard InChI is InChI=1S/C20H29ClN2O3/c1-5-18(24)23(17-8-6-16(21)7-9-17)14-15-10-12-22(13-11-15)19(25)26-20(2,3)4/h6-9,15H,5,10-14H2,1-4H3. The fourth-order valence-electron chi connectivity index (χ4n) is 3.05. The van der Waals surface area contributed by atoms with Crippen molar-refractivity contribution in [1.82, 2.24) is 4.90 Å². The number of hydrogen-bond donors (Lipinski definition) is 0. The van der Waals surface area contributed by atoms with Crippen LogP contribution in [-0.4, -0.2) is 42.1 Å². The lowest BCUT2D eigenvalue weighted by Gasteiger charge is -2.35. The van der Waals surface area contributed by atoms with Gasteiger partial charge in [-0.2, -0.15) is 0 Å². The molecule has 26 heavy (non-hydrogen) atoms. The Morgan fingerprint density at radius 3 is 2.27 bits per heavy atom. The van der Waals surface area contributed by atoms with Crippen molar-refractivity contribution in [2.24, 2.45) is 5.92 Å². The highest BCUT2D eigenvalue weighted by atomic mass is 35.5. The molecule has 0 saturated carbocycles. The molecule has 0 N–H and O–H groups in total. The normalized spacial score (nSPS) is 15.7. The Morgan fingerprint density at radius 2 is 1.77 bits per heavy atom. The van der Waals surface area contributed by atoms with Crippen LogP contribution in [0.25, 0.3) is 0 Å². The molecule has 5 nitrogen and oxygen atoms in total. The lowest BCUT2D eigenvalue weighted by atomic mass is 9.96. The summed E-state index contributed by atoms with van der Waals surface area (Å²) in [4.78, 5) is 28.2. The van der Waals surface area contributed by atoms with Crippen LogP contribution < -0.4 is 4.90 Å². The first-order chi connectivity index (χ1) is 12.2. The van der Waals surface area contributed by atoms with Gasteiger partial charge in [0.15, 0.2) is 0 Å². The van der Waals surface area contributed by atoms with Crippen LogP contribution in [0.3, 0.4) is 0 Å². The second-order valence-corrected chi connectivity index (χ2v) is 8.18. The molecule has 0 unspecified atom stereocenters. The van der Waals surface area contributed by atoms with Crippen molar-refractivity contribution in [1.29, 1.82) is 0 Å². The van der Waals surface area contributed by atoms with E-state index in [1.807, 2.05) is 44.7 Å². The van der Waals surface area contributed by atoms with E-state index in [2.05, 4.69) is 0 Å². The van der Waals surface area contributed by atoms with Crippen molar-refractivity contribution in [2.45, 2.75) is 52.6 Å². The number of halogens is 1. The van der Waals surface area contributed by atoms with Crippen LogP contribution in [0.1, 0.15) is 47.0 Å². The van der Waals surface area contributed by atoms with Gasteiger partial charge in [0.2, 0.25) is 5.91 Å². The van der Waals surface area contributed by atoms with Crippen LogP contribution in [0, 0.1) is 5.92 Å². The Labute approximate surface area is 161 Å². The fourth-order valence-corrected chi connectivity index (χ4v) is 3.17. The summed E-state index contributed by atoms with van der Waals surface area (Å²) in [7, 11) is 0. The zero-order chi connectivity index (χ0) is 19.3. The van der Waals surface area contributed by atoms with E-state index in [1.54, 1.807) is 17.0 Å². The second-order valence-electron chi connectivity index (χ2n) is 7.75. The van der Waals surface area contributed by atoms with Gasteiger partial charge in [-0.05, 0) is 63.8 Å². The molecule has 1 heterocycles. The Balaban J connectivity index is 1.96. The monoisotopic (exact) mass is 380 g/mol. The van der Waals surface area contributed by atoms with Gasteiger partial charge in [0.05, 0.1) is 0 Å². The van der Waals surface area contributed by atoms with Crippen LogP contribution in [0.15, 0.2) is 24.3 Å².